The molecule has 1 aliphatic carbocycles. The number of methoxy groups -OCH3 is 1. The fourth-order valence-corrected chi connectivity index (χ4v) is 2.96. The highest BCUT2D eigenvalue weighted by molar-refractivity contribution is 5.30. The summed E-state index contributed by atoms with van der Waals surface area (Å²) in [7, 11) is 1.47. The Hall–Kier alpha value is -1.13. The number of rotatable bonds is 6. The van der Waals surface area contributed by atoms with Gasteiger partial charge in [0.15, 0.2) is 11.6 Å². The molecule has 0 radical (unpaired) electrons. The summed E-state index contributed by atoms with van der Waals surface area (Å²) in [6.07, 6.45) is 4.88. The number of hydrogen-bond acceptors (Lipinski definition) is 3. The van der Waals surface area contributed by atoms with Crippen molar-refractivity contribution in [1.29, 1.82) is 0 Å². The first-order valence-corrected chi connectivity index (χ1v) is 7.35. The molecule has 20 heavy (non-hydrogen) atoms. The van der Waals surface area contributed by atoms with Gasteiger partial charge in [-0.1, -0.05) is 25.0 Å². The molecule has 1 saturated carbocycles. The van der Waals surface area contributed by atoms with E-state index in [4.69, 9.17) is 15.2 Å². The van der Waals surface area contributed by atoms with E-state index in [1.807, 2.05) is 0 Å². The molecule has 1 fully saturated rings. The van der Waals surface area contributed by atoms with Crippen LogP contribution >= 0.6 is 0 Å². The predicted octanol–water partition coefficient (Wildman–Crippen LogP) is 3.12. The highest BCUT2D eigenvalue weighted by Gasteiger charge is 2.24. The Kier molecular flexibility index (Phi) is 5.80. The normalized spacial score (nSPS) is 22.8. The average Bonchev–Trinajstić information content (AvgIpc) is 2.49. The van der Waals surface area contributed by atoms with Crippen molar-refractivity contribution < 1.29 is 13.9 Å². The smallest absolute Gasteiger partial charge is 0.170 e. The summed E-state index contributed by atoms with van der Waals surface area (Å²) in [5, 5.41) is 0. The monoisotopic (exact) mass is 281 g/mol. The van der Waals surface area contributed by atoms with Gasteiger partial charge in [0.25, 0.3) is 0 Å². The van der Waals surface area contributed by atoms with Crippen LogP contribution in [0.2, 0.25) is 0 Å². The first kappa shape index (κ1) is 15.3. The molecule has 2 atom stereocenters. The van der Waals surface area contributed by atoms with E-state index in [0.717, 1.165) is 6.54 Å². The molecule has 0 spiro atoms. The fraction of sp³-hybridized carbons (Fsp3) is 0.625. The standard InChI is InChI=1S/C16H24FNO2/c1-19-15-8-4-7-14(16(15)17)11-20-10-13-6-3-2-5-12(13)9-18/h4,7-8,12-13H,2-3,5-6,9-11,18H2,1H3. The zero-order valence-electron chi connectivity index (χ0n) is 12.1. The second-order valence-electron chi connectivity index (χ2n) is 5.49. The van der Waals surface area contributed by atoms with Gasteiger partial charge in [-0.05, 0) is 37.3 Å². The Morgan fingerprint density at radius 1 is 1.25 bits per heavy atom. The van der Waals surface area contributed by atoms with Crippen molar-refractivity contribution in [2.75, 3.05) is 20.3 Å². The van der Waals surface area contributed by atoms with Gasteiger partial charge in [0, 0.05) is 5.56 Å². The third-order valence-corrected chi connectivity index (χ3v) is 4.22. The van der Waals surface area contributed by atoms with Crippen LogP contribution in [0.25, 0.3) is 0 Å². The lowest BCUT2D eigenvalue weighted by Crippen LogP contribution is -2.29. The molecular weight excluding hydrogens is 257 g/mol. The lowest BCUT2D eigenvalue weighted by molar-refractivity contribution is 0.0498. The van der Waals surface area contributed by atoms with Gasteiger partial charge < -0.3 is 15.2 Å². The molecule has 3 nitrogen and oxygen atoms in total. The zero-order valence-corrected chi connectivity index (χ0v) is 12.1. The SMILES string of the molecule is COc1cccc(COCC2CCCCC2CN)c1F. The molecule has 0 amide bonds. The highest BCUT2D eigenvalue weighted by atomic mass is 19.1. The number of hydrogen-bond donors (Lipinski definition) is 1. The van der Waals surface area contributed by atoms with E-state index in [-0.39, 0.29) is 18.2 Å². The average molecular weight is 281 g/mol. The van der Waals surface area contributed by atoms with Crippen LogP contribution in [0.5, 0.6) is 5.75 Å². The van der Waals surface area contributed by atoms with Crippen LogP contribution in [0.15, 0.2) is 18.2 Å². The topological polar surface area (TPSA) is 44.5 Å². The van der Waals surface area contributed by atoms with E-state index in [1.54, 1.807) is 18.2 Å². The Balaban J connectivity index is 1.86. The van der Waals surface area contributed by atoms with Crippen molar-refractivity contribution in [2.45, 2.75) is 32.3 Å². The Morgan fingerprint density at radius 2 is 2.00 bits per heavy atom. The Morgan fingerprint density at radius 3 is 2.70 bits per heavy atom. The van der Waals surface area contributed by atoms with Crippen molar-refractivity contribution in [3.05, 3.63) is 29.6 Å². The summed E-state index contributed by atoms with van der Waals surface area (Å²) in [5.74, 6) is 1.01. The van der Waals surface area contributed by atoms with Gasteiger partial charge in [-0.3, -0.25) is 0 Å². The van der Waals surface area contributed by atoms with Crippen LogP contribution in [0.4, 0.5) is 4.39 Å². The molecule has 0 aromatic heterocycles. The maximum absolute atomic E-state index is 14.0. The van der Waals surface area contributed by atoms with E-state index >= 15 is 0 Å². The second kappa shape index (κ2) is 7.60. The Labute approximate surface area is 120 Å². The molecule has 4 heteroatoms. The summed E-state index contributed by atoms with van der Waals surface area (Å²) in [4.78, 5) is 0. The molecule has 0 bridgehead atoms. The van der Waals surface area contributed by atoms with Gasteiger partial charge in [-0.25, -0.2) is 4.39 Å². The number of nitrogens with two attached hydrogens (primary N) is 1. The van der Waals surface area contributed by atoms with Crippen LogP contribution in [-0.4, -0.2) is 20.3 Å². The van der Waals surface area contributed by atoms with Crippen molar-refractivity contribution in [3.63, 3.8) is 0 Å². The molecular formula is C16H24FNO2. The van der Waals surface area contributed by atoms with E-state index in [9.17, 15) is 4.39 Å². The summed E-state index contributed by atoms with van der Waals surface area (Å²) in [5.41, 5.74) is 6.35. The summed E-state index contributed by atoms with van der Waals surface area (Å²) in [6, 6.07) is 5.13. The summed E-state index contributed by atoms with van der Waals surface area (Å²) < 4.78 is 24.6. The van der Waals surface area contributed by atoms with Crippen LogP contribution in [-0.2, 0) is 11.3 Å². The molecule has 0 heterocycles. The first-order chi connectivity index (χ1) is 9.76. The van der Waals surface area contributed by atoms with E-state index < -0.39 is 0 Å². The minimum Gasteiger partial charge on any atom is -0.494 e. The fourth-order valence-electron chi connectivity index (χ4n) is 2.96. The van der Waals surface area contributed by atoms with Gasteiger partial charge in [-0.15, -0.1) is 0 Å². The van der Waals surface area contributed by atoms with Gasteiger partial charge in [0.05, 0.1) is 20.3 Å². The molecule has 1 aromatic rings. The van der Waals surface area contributed by atoms with Gasteiger partial charge in [0.2, 0.25) is 0 Å². The molecule has 2 rings (SSSR count). The van der Waals surface area contributed by atoms with E-state index in [1.165, 1.54) is 32.8 Å². The van der Waals surface area contributed by atoms with Crippen LogP contribution < -0.4 is 10.5 Å². The van der Waals surface area contributed by atoms with Crippen molar-refractivity contribution in [3.8, 4) is 5.75 Å². The van der Waals surface area contributed by atoms with Crippen molar-refractivity contribution >= 4 is 0 Å². The van der Waals surface area contributed by atoms with Crippen LogP contribution in [0.3, 0.4) is 0 Å². The van der Waals surface area contributed by atoms with Crippen LogP contribution in [0, 0.1) is 17.7 Å². The molecule has 2 N–H and O–H groups in total. The largest absolute Gasteiger partial charge is 0.494 e. The minimum atomic E-state index is -0.325. The van der Waals surface area contributed by atoms with E-state index in [2.05, 4.69) is 0 Å². The highest BCUT2D eigenvalue weighted by Crippen LogP contribution is 2.30. The molecule has 1 aliphatic rings. The molecule has 2 unspecified atom stereocenters. The predicted molar refractivity (Wildman–Crippen MR) is 77.1 cm³/mol. The minimum absolute atomic E-state index is 0.267. The van der Waals surface area contributed by atoms with Gasteiger partial charge >= 0.3 is 0 Å². The molecule has 112 valence electrons. The lowest BCUT2D eigenvalue weighted by Gasteiger charge is -2.30. The Bertz CT molecular complexity index is 425. The molecule has 1 aromatic carbocycles. The molecule has 0 saturated heterocycles. The maximum atomic E-state index is 14.0. The van der Waals surface area contributed by atoms with Crippen molar-refractivity contribution in [2.24, 2.45) is 17.6 Å². The quantitative estimate of drug-likeness (QED) is 0.871. The van der Waals surface area contributed by atoms with Gasteiger partial charge in [0.1, 0.15) is 0 Å². The second-order valence-corrected chi connectivity index (χ2v) is 5.49. The van der Waals surface area contributed by atoms with Gasteiger partial charge in [-0.2, -0.15) is 0 Å². The summed E-state index contributed by atoms with van der Waals surface area (Å²) >= 11 is 0. The first-order valence-electron chi connectivity index (χ1n) is 7.35. The van der Waals surface area contributed by atoms with Crippen LogP contribution in [0.1, 0.15) is 31.2 Å². The lowest BCUT2D eigenvalue weighted by atomic mass is 9.80. The number of benzene rings is 1. The van der Waals surface area contributed by atoms with Crippen molar-refractivity contribution in [1.82, 2.24) is 0 Å². The third kappa shape index (κ3) is 3.70. The number of ether oxygens (including phenoxy) is 2. The third-order valence-electron chi connectivity index (χ3n) is 4.22. The summed E-state index contributed by atoms with van der Waals surface area (Å²) in [6.45, 7) is 1.68. The number of halogens is 1. The van der Waals surface area contributed by atoms with E-state index in [0.29, 0.717) is 24.0 Å². The maximum Gasteiger partial charge on any atom is 0.170 e. The molecule has 0 aliphatic heterocycles. The zero-order chi connectivity index (χ0) is 14.4.